The number of amides is 1. The van der Waals surface area contributed by atoms with Gasteiger partial charge in [0.25, 0.3) is 11.7 Å². The molecule has 8 nitrogen and oxygen atoms in total. The SMILES string of the molecule is CCCOc1ccc(/C(O)=C2\C(=O)C(=O)N(CCN3CCOCC3)C2c2ccc(N(C)C)cc2)c(C)c1. The molecule has 2 aliphatic rings. The van der Waals surface area contributed by atoms with Crippen molar-refractivity contribution < 1.29 is 24.2 Å². The molecule has 1 N–H and O–H groups in total. The van der Waals surface area contributed by atoms with E-state index in [-0.39, 0.29) is 11.3 Å². The van der Waals surface area contributed by atoms with E-state index in [0.717, 1.165) is 36.3 Å². The van der Waals surface area contributed by atoms with Crippen molar-refractivity contribution in [3.05, 3.63) is 64.7 Å². The van der Waals surface area contributed by atoms with Gasteiger partial charge in [-0.15, -0.1) is 0 Å². The van der Waals surface area contributed by atoms with Crippen LogP contribution in [0.5, 0.6) is 5.75 Å². The first kappa shape index (κ1) is 26.7. The summed E-state index contributed by atoms with van der Waals surface area (Å²) < 4.78 is 11.2. The molecule has 0 saturated carbocycles. The van der Waals surface area contributed by atoms with E-state index in [1.165, 1.54) is 0 Å². The van der Waals surface area contributed by atoms with Crippen LogP contribution in [0.15, 0.2) is 48.0 Å². The minimum atomic E-state index is -0.673. The molecule has 0 aliphatic carbocycles. The van der Waals surface area contributed by atoms with Crippen LogP contribution in [-0.4, -0.2) is 86.7 Å². The molecule has 0 spiro atoms. The quantitative estimate of drug-likeness (QED) is 0.315. The van der Waals surface area contributed by atoms with Gasteiger partial charge >= 0.3 is 0 Å². The summed E-state index contributed by atoms with van der Waals surface area (Å²) in [5, 5.41) is 11.5. The first-order valence-corrected chi connectivity index (χ1v) is 12.9. The zero-order valence-corrected chi connectivity index (χ0v) is 22.2. The first-order valence-electron chi connectivity index (χ1n) is 12.9. The second-order valence-electron chi connectivity index (χ2n) is 9.76. The number of hydrogen-bond acceptors (Lipinski definition) is 7. The third-order valence-electron chi connectivity index (χ3n) is 6.95. The third kappa shape index (κ3) is 5.81. The molecule has 2 aliphatic heterocycles. The molecule has 1 unspecified atom stereocenters. The van der Waals surface area contributed by atoms with Crippen molar-refractivity contribution in [3.8, 4) is 5.75 Å². The Labute approximate surface area is 219 Å². The number of ether oxygens (including phenoxy) is 2. The van der Waals surface area contributed by atoms with Crippen molar-refractivity contribution >= 4 is 23.1 Å². The number of carbonyl (C=O) groups is 2. The van der Waals surface area contributed by atoms with Gasteiger partial charge in [0.2, 0.25) is 0 Å². The van der Waals surface area contributed by atoms with Crippen LogP contribution >= 0.6 is 0 Å². The second kappa shape index (κ2) is 11.8. The summed E-state index contributed by atoms with van der Waals surface area (Å²) in [6.45, 7) is 8.41. The lowest BCUT2D eigenvalue weighted by molar-refractivity contribution is -0.140. The standard InChI is InChI=1S/C29H37N3O5/c1-5-16-37-23-10-11-24(20(2)19-23)27(33)25-26(21-6-8-22(9-7-21)30(3)4)32(29(35)28(25)34)13-12-31-14-17-36-18-15-31/h6-11,19,26,33H,5,12-18H2,1-4H3/b27-25+. The minimum Gasteiger partial charge on any atom is -0.507 e. The number of rotatable bonds is 9. The van der Waals surface area contributed by atoms with Crippen LogP contribution in [0.4, 0.5) is 5.69 Å². The van der Waals surface area contributed by atoms with E-state index in [4.69, 9.17) is 9.47 Å². The third-order valence-corrected chi connectivity index (χ3v) is 6.95. The van der Waals surface area contributed by atoms with E-state index in [2.05, 4.69) is 4.90 Å². The Morgan fingerprint density at radius 1 is 1.08 bits per heavy atom. The van der Waals surface area contributed by atoms with Gasteiger partial charge < -0.3 is 24.4 Å². The number of nitrogens with zero attached hydrogens (tertiary/aromatic N) is 3. The first-order chi connectivity index (χ1) is 17.8. The van der Waals surface area contributed by atoms with Gasteiger partial charge in [-0.2, -0.15) is 0 Å². The summed E-state index contributed by atoms with van der Waals surface area (Å²) in [5.41, 5.74) is 3.20. The highest BCUT2D eigenvalue weighted by atomic mass is 16.5. The predicted molar refractivity (Wildman–Crippen MR) is 144 cm³/mol. The number of aryl methyl sites for hydroxylation is 1. The van der Waals surface area contributed by atoms with Gasteiger partial charge in [-0.1, -0.05) is 19.1 Å². The van der Waals surface area contributed by atoms with Crippen LogP contribution in [0.2, 0.25) is 0 Å². The topological polar surface area (TPSA) is 82.5 Å². The average Bonchev–Trinajstić information content (AvgIpc) is 3.16. The van der Waals surface area contributed by atoms with E-state index in [1.54, 1.807) is 17.0 Å². The Balaban J connectivity index is 1.73. The summed E-state index contributed by atoms with van der Waals surface area (Å²) in [5.74, 6) is -0.699. The Bertz CT molecular complexity index is 1150. The number of aliphatic hydroxyl groups excluding tert-OH is 1. The van der Waals surface area contributed by atoms with E-state index in [0.29, 0.717) is 44.2 Å². The zero-order chi connectivity index (χ0) is 26.5. The zero-order valence-electron chi connectivity index (χ0n) is 22.2. The molecule has 2 heterocycles. The van der Waals surface area contributed by atoms with Gasteiger partial charge in [-0.25, -0.2) is 0 Å². The Hall–Kier alpha value is -3.36. The normalized spacial score (nSPS) is 19.9. The molecule has 198 valence electrons. The van der Waals surface area contributed by atoms with Gasteiger partial charge in [0.1, 0.15) is 11.5 Å². The Morgan fingerprint density at radius 3 is 2.41 bits per heavy atom. The monoisotopic (exact) mass is 507 g/mol. The number of anilines is 1. The van der Waals surface area contributed by atoms with Crippen LogP contribution in [0.1, 0.15) is 36.1 Å². The van der Waals surface area contributed by atoms with Gasteiger partial charge in [0.05, 0.1) is 31.4 Å². The summed E-state index contributed by atoms with van der Waals surface area (Å²) in [7, 11) is 3.92. The molecule has 2 saturated heterocycles. The Morgan fingerprint density at radius 2 is 1.78 bits per heavy atom. The van der Waals surface area contributed by atoms with Crippen LogP contribution in [0, 0.1) is 6.92 Å². The molecule has 2 aromatic carbocycles. The van der Waals surface area contributed by atoms with Gasteiger partial charge in [0, 0.05) is 51.5 Å². The van der Waals surface area contributed by atoms with E-state index in [9.17, 15) is 14.7 Å². The molecule has 0 radical (unpaired) electrons. The fraction of sp³-hybridized carbons (Fsp3) is 0.448. The number of morpholine rings is 1. The predicted octanol–water partition coefficient (Wildman–Crippen LogP) is 3.60. The van der Waals surface area contributed by atoms with E-state index < -0.39 is 17.7 Å². The molecule has 37 heavy (non-hydrogen) atoms. The number of Topliss-reactive ketones (excluding diaryl/α,β-unsaturated/α-hetero) is 1. The van der Waals surface area contributed by atoms with E-state index in [1.807, 2.05) is 63.2 Å². The number of likely N-dealkylation sites (tertiary alicyclic amines) is 1. The molecule has 0 bridgehead atoms. The maximum absolute atomic E-state index is 13.4. The molecule has 4 rings (SSSR count). The van der Waals surface area contributed by atoms with Gasteiger partial charge in [-0.05, 0) is 54.8 Å². The largest absolute Gasteiger partial charge is 0.507 e. The lowest BCUT2D eigenvalue weighted by Gasteiger charge is -2.31. The fourth-order valence-corrected chi connectivity index (χ4v) is 4.84. The fourth-order valence-electron chi connectivity index (χ4n) is 4.84. The number of hydrogen-bond donors (Lipinski definition) is 1. The van der Waals surface area contributed by atoms with Crippen molar-refractivity contribution in [1.82, 2.24) is 9.80 Å². The highest BCUT2D eigenvalue weighted by molar-refractivity contribution is 6.46. The molecule has 0 aromatic heterocycles. The van der Waals surface area contributed by atoms with Crippen LogP contribution in [0.25, 0.3) is 5.76 Å². The maximum Gasteiger partial charge on any atom is 0.295 e. The number of carbonyl (C=O) groups excluding carboxylic acids is 2. The highest BCUT2D eigenvalue weighted by Gasteiger charge is 2.46. The summed E-state index contributed by atoms with van der Waals surface area (Å²) in [6, 6.07) is 12.5. The molecule has 1 atom stereocenters. The van der Waals surface area contributed by atoms with Crippen molar-refractivity contribution in [2.24, 2.45) is 0 Å². The lowest BCUT2D eigenvalue weighted by atomic mass is 9.93. The van der Waals surface area contributed by atoms with Gasteiger partial charge in [-0.3, -0.25) is 14.5 Å². The molecule has 2 fully saturated rings. The maximum atomic E-state index is 13.4. The molecular weight excluding hydrogens is 470 g/mol. The van der Waals surface area contributed by atoms with Crippen LogP contribution in [0.3, 0.4) is 0 Å². The number of ketones is 1. The van der Waals surface area contributed by atoms with Crippen LogP contribution < -0.4 is 9.64 Å². The van der Waals surface area contributed by atoms with Crippen molar-refractivity contribution in [2.75, 3.05) is 65.0 Å². The Kier molecular flexibility index (Phi) is 8.51. The van der Waals surface area contributed by atoms with Crippen molar-refractivity contribution in [3.63, 3.8) is 0 Å². The smallest absolute Gasteiger partial charge is 0.295 e. The number of benzene rings is 2. The van der Waals surface area contributed by atoms with Crippen molar-refractivity contribution in [1.29, 1.82) is 0 Å². The average molecular weight is 508 g/mol. The number of aliphatic hydroxyl groups is 1. The highest BCUT2D eigenvalue weighted by Crippen LogP contribution is 2.40. The molecular formula is C29H37N3O5. The van der Waals surface area contributed by atoms with Gasteiger partial charge in [0.15, 0.2) is 0 Å². The molecule has 2 aromatic rings. The molecule has 8 heteroatoms. The van der Waals surface area contributed by atoms with E-state index >= 15 is 0 Å². The summed E-state index contributed by atoms with van der Waals surface area (Å²) >= 11 is 0. The van der Waals surface area contributed by atoms with Crippen LogP contribution in [-0.2, 0) is 14.3 Å². The summed E-state index contributed by atoms with van der Waals surface area (Å²) in [4.78, 5) is 32.5. The second-order valence-corrected chi connectivity index (χ2v) is 9.76. The minimum absolute atomic E-state index is 0.120. The molecule has 1 amide bonds. The lowest BCUT2D eigenvalue weighted by Crippen LogP contribution is -2.42. The van der Waals surface area contributed by atoms with Crippen molar-refractivity contribution in [2.45, 2.75) is 26.3 Å². The summed E-state index contributed by atoms with van der Waals surface area (Å²) in [6.07, 6.45) is 0.890.